The Morgan fingerprint density at radius 2 is 1.79 bits per heavy atom. The topological polar surface area (TPSA) is 72.2 Å². The van der Waals surface area contributed by atoms with E-state index in [-0.39, 0.29) is 5.56 Å². The van der Waals surface area contributed by atoms with Gasteiger partial charge in [-0.15, -0.1) is 6.58 Å². The fraction of sp³-hybridized carbons (Fsp3) is 0.444. The third-order valence-electron chi connectivity index (χ3n) is 3.73. The van der Waals surface area contributed by atoms with Crippen molar-refractivity contribution in [3.8, 4) is 0 Å². The summed E-state index contributed by atoms with van der Waals surface area (Å²) in [5.74, 6) is -2.86. The molecule has 0 unspecified atom stereocenters. The SMILES string of the molecule is C=CCCCCCC[C@H](NC(=O)Cc1c(F)cccc1F)C(N)=O. The smallest absolute Gasteiger partial charge is 0.239 e. The molecular weight excluding hydrogens is 314 g/mol. The van der Waals surface area contributed by atoms with Crippen molar-refractivity contribution in [2.75, 3.05) is 0 Å². The van der Waals surface area contributed by atoms with Gasteiger partial charge in [0.25, 0.3) is 0 Å². The van der Waals surface area contributed by atoms with Gasteiger partial charge in [-0.3, -0.25) is 9.59 Å². The number of carbonyl (C=O) groups is 2. The summed E-state index contributed by atoms with van der Waals surface area (Å²) in [7, 11) is 0. The van der Waals surface area contributed by atoms with E-state index in [0.717, 1.165) is 44.2 Å². The molecule has 2 amide bonds. The molecule has 4 nitrogen and oxygen atoms in total. The van der Waals surface area contributed by atoms with E-state index in [1.54, 1.807) is 0 Å². The third-order valence-corrected chi connectivity index (χ3v) is 3.73. The zero-order chi connectivity index (χ0) is 17.9. The van der Waals surface area contributed by atoms with Crippen LogP contribution in [0.5, 0.6) is 0 Å². The van der Waals surface area contributed by atoms with Crippen LogP contribution in [-0.4, -0.2) is 17.9 Å². The molecular formula is C18H24F2N2O2. The average molecular weight is 338 g/mol. The predicted molar refractivity (Wildman–Crippen MR) is 89.1 cm³/mol. The minimum Gasteiger partial charge on any atom is -0.368 e. The van der Waals surface area contributed by atoms with Crippen LogP contribution in [0.4, 0.5) is 8.78 Å². The van der Waals surface area contributed by atoms with Crippen LogP contribution >= 0.6 is 0 Å². The van der Waals surface area contributed by atoms with E-state index in [2.05, 4.69) is 11.9 Å². The Hall–Kier alpha value is -2.24. The number of halogens is 2. The van der Waals surface area contributed by atoms with Gasteiger partial charge in [0.1, 0.15) is 17.7 Å². The van der Waals surface area contributed by atoms with Crippen LogP contribution in [0, 0.1) is 11.6 Å². The first-order chi connectivity index (χ1) is 11.5. The number of benzene rings is 1. The first-order valence-electron chi connectivity index (χ1n) is 8.08. The molecule has 132 valence electrons. The van der Waals surface area contributed by atoms with Crippen LogP contribution in [0.3, 0.4) is 0 Å². The van der Waals surface area contributed by atoms with Crippen molar-refractivity contribution in [1.29, 1.82) is 0 Å². The summed E-state index contributed by atoms with van der Waals surface area (Å²) >= 11 is 0. The first kappa shape index (κ1) is 19.8. The fourth-order valence-electron chi connectivity index (χ4n) is 2.38. The maximum Gasteiger partial charge on any atom is 0.239 e. The molecule has 1 atom stereocenters. The van der Waals surface area contributed by atoms with Crippen LogP contribution in [0.15, 0.2) is 30.9 Å². The molecule has 6 heteroatoms. The van der Waals surface area contributed by atoms with E-state index in [1.807, 2.05) is 6.08 Å². The number of unbranched alkanes of at least 4 members (excludes halogenated alkanes) is 4. The van der Waals surface area contributed by atoms with Crippen LogP contribution in [0.25, 0.3) is 0 Å². The minimum absolute atomic E-state index is 0.317. The second kappa shape index (κ2) is 10.5. The zero-order valence-corrected chi connectivity index (χ0v) is 13.7. The second-order valence-electron chi connectivity index (χ2n) is 5.68. The quantitative estimate of drug-likeness (QED) is 0.481. The number of nitrogens with one attached hydrogen (secondary N) is 1. The predicted octanol–water partition coefficient (Wildman–Crippen LogP) is 3.00. The number of rotatable bonds is 11. The molecule has 0 saturated heterocycles. The molecule has 0 aliphatic carbocycles. The normalized spacial score (nSPS) is 11.8. The highest BCUT2D eigenvalue weighted by Gasteiger charge is 2.19. The van der Waals surface area contributed by atoms with Crippen molar-refractivity contribution in [2.24, 2.45) is 5.73 Å². The summed E-state index contributed by atoms with van der Waals surface area (Å²) in [6, 6.07) is 2.57. The Kier molecular flexibility index (Phi) is 8.68. The number of hydrogen-bond donors (Lipinski definition) is 2. The highest BCUT2D eigenvalue weighted by molar-refractivity contribution is 5.87. The molecule has 1 aromatic carbocycles. The van der Waals surface area contributed by atoms with Crippen molar-refractivity contribution in [1.82, 2.24) is 5.32 Å². The maximum absolute atomic E-state index is 13.5. The highest BCUT2D eigenvalue weighted by atomic mass is 19.1. The fourth-order valence-corrected chi connectivity index (χ4v) is 2.38. The Bertz CT molecular complexity index is 556. The standard InChI is InChI=1S/C18H24F2N2O2/c1-2-3-4-5-6-7-11-16(18(21)24)22-17(23)12-13-14(19)9-8-10-15(13)20/h2,8-10,16H,1,3-7,11-12H2,(H2,21,24)(H,22,23)/t16-/m0/s1. The molecule has 0 aromatic heterocycles. The van der Waals surface area contributed by atoms with Gasteiger partial charge < -0.3 is 11.1 Å². The molecule has 0 spiro atoms. The van der Waals surface area contributed by atoms with Gasteiger partial charge in [0.2, 0.25) is 11.8 Å². The second-order valence-corrected chi connectivity index (χ2v) is 5.68. The summed E-state index contributed by atoms with van der Waals surface area (Å²) in [6.45, 7) is 3.65. The molecule has 1 rings (SSSR count). The molecule has 0 heterocycles. The van der Waals surface area contributed by atoms with Gasteiger partial charge >= 0.3 is 0 Å². The Balaban J connectivity index is 2.48. The summed E-state index contributed by atoms with van der Waals surface area (Å²) in [5, 5.41) is 2.46. The zero-order valence-electron chi connectivity index (χ0n) is 13.7. The third kappa shape index (κ3) is 6.89. The van der Waals surface area contributed by atoms with Gasteiger partial charge in [0.05, 0.1) is 6.42 Å². The molecule has 1 aromatic rings. The molecule has 3 N–H and O–H groups in total. The van der Waals surface area contributed by atoms with E-state index in [4.69, 9.17) is 5.73 Å². The summed E-state index contributed by atoms with van der Waals surface area (Å²) in [6.07, 6.45) is 6.43. The molecule has 24 heavy (non-hydrogen) atoms. The molecule has 0 aliphatic rings. The summed E-state index contributed by atoms with van der Waals surface area (Å²) < 4.78 is 27.1. The van der Waals surface area contributed by atoms with Gasteiger partial charge in [-0.25, -0.2) is 8.78 Å². The molecule has 0 aliphatic heterocycles. The summed E-state index contributed by atoms with van der Waals surface area (Å²) in [4.78, 5) is 23.4. The minimum atomic E-state index is -0.827. The number of carbonyl (C=O) groups excluding carboxylic acids is 2. The van der Waals surface area contributed by atoms with Crippen molar-refractivity contribution in [3.05, 3.63) is 48.1 Å². The largest absolute Gasteiger partial charge is 0.368 e. The molecule has 0 radical (unpaired) electrons. The first-order valence-corrected chi connectivity index (χ1v) is 8.08. The van der Waals surface area contributed by atoms with Crippen molar-refractivity contribution >= 4 is 11.8 Å². The number of allylic oxidation sites excluding steroid dienone is 1. The Labute approximate surface area is 141 Å². The van der Waals surface area contributed by atoms with E-state index in [1.165, 1.54) is 6.07 Å². The lowest BCUT2D eigenvalue weighted by Gasteiger charge is -2.15. The molecule has 0 bridgehead atoms. The van der Waals surface area contributed by atoms with Crippen LogP contribution < -0.4 is 11.1 Å². The average Bonchev–Trinajstić information content (AvgIpc) is 2.53. The summed E-state index contributed by atoms with van der Waals surface area (Å²) in [5.41, 5.74) is 4.97. The lowest BCUT2D eigenvalue weighted by atomic mass is 10.0. The van der Waals surface area contributed by atoms with Gasteiger partial charge in [-0.1, -0.05) is 31.4 Å². The number of primary amides is 1. The Morgan fingerprint density at radius 3 is 2.38 bits per heavy atom. The van der Waals surface area contributed by atoms with Gasteiger partial charge in [-0.05, 0) is 31.4 Å². The molecule has 0 fully saturated rings. The number of amides is 2. The van der Waals surface area contributed by atoms with Crippen LogP contribution in [0.1, 0.15) is 44.1 Å². The van der Waals surface area contributed by atoms with E-state index in [0.29, 0.717) is 6.42 Å². The van der Waals surface area contributed by atoms with E-state index >= 15 is 0 Å². The van der Waals surface area contributed by atoms with Gasteiger partial charge in [-0.2, -0.15) is 0 Å². The van der Waals surface area contributed by atoms with Crippen LogP contribution in [0.2, 0.25) is 0 Å². The number of hydrogen-bond acceptors (Lipinski definition) is 2. The van der Waals surface area contributed by atoms with Crippen LogP contribution in [-0.2, 0) is 16.0 Å². The Morgan fingerprint density at radius 1 is 1.17 bits per heavy atom. The lowest BCUT2D eigenvalue weighted by molar-refractivity contribution is -0.127. The van der Waals surface area contributed by atoms with Gasteiger partial charge in [0.15, 0.2) is 0 Å². The highest BCUT2D eigenvalue weighted by Crippen LogP contribution is 2.13. The monoisotopic (exact) mass is 338 g/mol. The lowest BCUT2D eigenvalue weighted by Crippen LogP contribution is -2.45. The van der Waals surface area contributed by atoms with Crippen molar-refractivity contribution < 1.29 is 18.4 Å². The number of nitrogens with two attached hydrogens (primary N) is 1. The van der Waals surface area contributed by atoms with Crippen molar-refractivity contribution in [3.63, 3.8) is 0 Å². The van der Waals surface area contributed by atoms with Gasteiger partial charge in [0, 0.05) is 5.56 Å². The van der Waals surface area contributed by atoms with E-state index in [9.17, 15) is 18.4 Å². The molecule has 0 saturated carbocycles. The maximum atomic E-state index is 13.5. The van der Waals surface area contributed by atoms with Crippen molar-refractivity contribution in [2.45, 2.75) is 51.0 Å². The van der Waals surface area contributed by atoms with E-state index < -0.39 is 35.9 Å².